The quantitative estimate of drug-likeness (QED) is 0.0337. The highest BCUT2D eigenvalue weighted by Gasteiger charge is 2.17. The Morgan fingerprint density at radius 1 is 0.505 bits per heavy atom. The van der Waals surface area contributed by atoms with E-state index in [4.69, 9.17) is 10.5 Å². The maximum atomic E-state index is 11.5. The highest BCUT2D eigenvalue weighted by Crippen LogP contribution is 2.39. The molecular weight excluding hydrogens is 1330 g/mol. The number of rotatable bonds is 15. The highest BCUT2D eigenvalue weighted by molar-refractivity contribution is 7.92. The molecule has 482 valence electrons. The number of fused-ring (bicyclic) bond motifs is 4. The molecule has 38 heteroatoms. The summed E-state index contributed by atoms with van der Waals surface area (Å²) >= 11 is 4.69. The molecule has 4 aromatic carbocycles. The summed E-state index contributed by atoms with van der Waals surface area (Å²) in [7, 11) is -2.02. The standard InChI is InChI=1S/C15H12N6O3S.C15H13N5O3S.C14H12N6O2S.C13H11N5O3S2/c1-7(22)18-11-6-8(5-10(12(11)23)13(16)24)19-20-15-9-3-2-4-17-14(9)21-25-15;1-2-23-15(22)17-11-8-9(5-6-12(11)21)18-19-14-10-4-3-7-16-13(10)20-24-14;1-15-14(22)17-10-7-8(4-5-11(10)21)18-19-13-9-3-2-6-16-12(9)20-23-13;1-23(20,21)18-10-7-8(4-5-11(10)19)15-16-13-9-3-2-6-14-12(9)17-22-13/h2-6,23H,1H3,(H2,16,24)(H,18,22);3-8,21H,2H2,1H3,(H,17,22);2-7,21H,1H3,(H2,15,17,22);2-7,18-19H,1H3. The van der Waals surface area contributed by atoms with Gasteiger partial charge in [-0.05, 0) is 168 Å². The number of anilines is 4. The topological polar surface area (TPSA) is 481 Å². The van der Waals surface area contributed by atoms with Gasteiger partial charge in [0.05, 0.1) is 85.5 Å². The van der Waals surface area contributed by atoms with Gasteiger partial charge in [-0.2, -0.15) is 17.5 Å². The fourth-order valence-corrected chi connectivity index (χ4v) is 10.8. The number of primary amides is 1. The molecule has 8 heterocycles. The van der Waals surface area contributed by atoms with Crippen LogP contribution in [-0.2, 0) is 19.6 Å². The summed E-state index contributed by atoms with van der Waals surface area (Å²) in [5, 5.41) is 87.5. The SMILES string of the molecule is CC(=O)Nc1cc(N=Nc2snc3ncccc23)cc(C(N)=O)c1O.CCOC(=O)Nc1cc(N=Nc2snc3ncccc23)ccc1O.CNC(=O)Nc1cc(N=Nc2snc3ncccc23)ccc1O.CS(=O)(=O)Nc1cc(N=Nc2snc3ncccc23)ccc1O. The van der Waals surface area contributed by atoms with Crippen molar-refractivity contribution < 1.29 is 52.8 Å². The van der Waals surface area contributed by atoms with Gasteiger partial charge in [0.25, 0.3) is 5.91 Å². The molecule has 0 radical (unpaired) electrons. The first kappa shape index (κ1) is 67.3. The van der Waals surface area contributed by atoms with Crippen molar-refractivity contribution in [2.24, 2.45) is 46.6 Å². The predicted octanol–water partition coefficient (Wildman–Crippen LogP) is 14.0. The van der Waals surface area contributed by atoms with Crippen LogP contribution in [0.15, 0.2) is 181 Å². The van der Waals surface area contributed by atoms with Crippen molar-refractivity contribution in [1.29, 1.82) is 0 Å². The zero-order valence-electron chi connectivity index (χ0n) is 49.4. The van der Waals surface area contributed by atoms with Crippen LogP contribution < -0.4 is 31.7 Å². The number of phenolic OH excluding ortho intramolecular Hbond substituents is 3. The third kappa shape index (κ3) is 18.3. The second-order valence-corrected chi connectivity index (χ2v) is 23.5. The number of azo groups is 4. The monoisotopic (exact) mass is 1380 g/mol. The van der Waals surface area contributed by atoms with Crippen LogP contribution >= 0.6 is 46.1 Å². The molecule has 0 saturated heterocycles. The molecule has 0 aliphatic rings. The molecule has 11 N–H and O–H groups in total. The van der Waals surface area contributed by atoms with Crippen LogP contribution in [0, 0.1) is 0 Å². The number of amides is 5. The van der Waals surface area contributed by atoms with Crippen LogP contribution in [0.5, 0.6) is 23.0 Å². The molecule has 0 saturated carbocycles. The van der Waals surface area contributed by atoms with Crippen LogP contribution in [-0.4, -0.2) is 110 Å². The van der Waals surface area contributed by atoms with Crippen molar-refractivity contribution in [3.63, 3.8) is 0 Å². The summed E-state index contributed by atoms with van der Waals surface area (Å²) in [6.45, 7) is 3.20. The summed E-state index contributed by atoms with van der Waals surface area (Å²) < 4.78 is 46.2. The molecule has 0 spiro atoms. The smallest absolute Gasteiger partial charge is 0.411 e. The molecule has 12 aromatic rings. The molecule has 12 rings (SSSR count). The van der Waals surface area contributed by atoms with Crippen molar-refractivity contribution in [1.82, 2.24) is 42.7 Å². The van der Waals surface area contributed by atoms with Gasteiger partial charge in [-0.25, -0.2) is 37.9 Å². The summed E-state index contributed by atoms with van der Waals surface area (Å²) in [6, 6.07) is 30.1. The molecule has 33 nitrogen and oxygen atoms in total. The van der Waals surface area contributed by atoms with E-state index in [-0.39, 0.29) is 57.9 Å². The largest absolute Gasteiger partial charge is 0.506 e. The van der Waals surface area contributed by atoms with E-state index in [2.05, 4.69) is 104 Å². The Kier molecular flexibility index (Phi) is 22.1. The number of ether oxygens (including phenoxy) is 1. The van der Waals surface area contributed by atoms with Gasteiger partial charge in [-0.3, -0.25) is 19.6 Å². The number of aromatic nitrogens is 8. The molecule has 0 atom stereocenters. The summed E-state index contributed by atoms with van der Waals surface area (Å²) in [6.07, 6.45) is 6.95. The number of pyridine rings is 4. The fourth-order valence-electron chi connectivity index (χ4n) is 7.64. The van der Waals surface area contributed by atoms with Crippen molar-refractivity contribution in [3.8, 4) is 23.0 Å². The lowest BCUT2D eigenvalue weighted by atomic mass is 10.1. The van der Waals surface area contributed by atoms with E-state index in [0.717, 1.165) is 39.3 Å². The molecule has 8 aromatic heterocycles. The van der Waals surface area contributed by atoms with Crippen LogP contribution in [0.1, 0.15) is 24.2 Å². The van der Waals surface area contributed by atoms with Crippen molar-refractivity contribution in [2.45, 2.75) is 13.8 Å². The Balaban J connectivity index is 0.000000149. The zero-order chi connectivity index (χ0) is 67.6. The maximum Gasteiger partial charge on any atom is 0.411 e. The minimum atomic E-state index is -3.50. The maximum absolute atomic E-state index is 11.5. The third-order valence-corrected chi connectivity index (χ3v) is 15.4. The number of phenols is 4. The van der Waals surface area contributed by atoms with Crippen LogP contribution in [0.3, 0.4) is 0 Å². The first-order valence-corrected chi connectivity index (χ1v) is 32.0. The number of urea groups is 1. The van der Waals surface area contributed by atoms with Crippen LogP contribution in [0.4, 0.5) is 75.1 Å². The number of sulfonamides is 1. The number of nitrogens with zero attached hydrogens (tertiary/aromatic N) is 16. The first-order valence-electron chi connectivity index (χ1n) is 27.0. The molecule has 0 bridgehead atoms. The number of carbonyl (C=O) groups excluding carboxylic acids is 4. The second-order valence-electron chi connectivity index (χ2n) is 18.7. The van der Waals surface area contributed by atoms with E-state index in [0.29, 0.717) is 59.7 Å². The Labute approximate surface area is 551 Å². The van der Waals surface area contributed by atoms with Crippen LogP contribution in [0.25, 0.3) is 44.1 Å². The lowest BCUT2D eigenvalue weighted by Gasteiger charge is -2.09. The first-order chi connectivity index (χ1) is 45.7. The van der Waals surface area contributed by atoms with Gasteiger partial charge in [0.15, 0.2) is 48.3 Å². The summed E-state index contributed by atoms with van der Waals surface area (Å²) in [4.78, 5) is 62.0. The molecule has 95 heavy (non-hydrogen) atoms. The number of benzene rings is 4. The van der Waals surface area contributed by atoms with E-state index >= 15 is 0 Å². The number of carbonyl (C=O) groups is 4. The Bertz CT molecular complexity index is 5060. The average Bonchev–Trinajstić information content (AvgIpc) is 1.86. The fraction of sp³-hybridized carbons (Fsp3) is 0.0877. The van der Waals surface area contributed by atoms with Crippen molar-refractivity contribution in [3.05, 3.63) is 146 Å². The van der Waals surface area contributed by atoms with E-state index < -0.39 is 39.7 Å². The average molecular weight is 1380 g/mol. The van der Waals surface area contributed by atoms with Crippen molar-refractivity contribution >= 4 is 190 Å². The van der Waals surface area contributed by atoms with Crippen LogP contribution in [0.2, 0.25) is 0 Å². The van der Waals surface area contributed by atoms with Gasteiger partial charge < -0.3 is 46.8 Å². The predicted molar refractivity (Wildman–Crippen MR) is 359 cm³/mol. The van der Waals surface area contributed by atoms with E-state index in [1.165, 1.54) is 103 Å². The molecule has 0 fully saturated rings. The highest BCUT2D eigenvalue weighted by atomic mass is 32.2. The lowest BCUT2D eigenvalue weighted by molar-refractivity contribution is -0.114. The lowest BCUT2D eigenvalue weighted by Crippen LogP contribution is -2.24. The van der Waals surface area contributed by atoms with E-state index in [1.54, 1.807) is 62.0 Å². The van der Waals surface area contributed by atoms with Gasteiger partial charge in [-0.1, -0.05) is 0 Å². The number of aromatic hydroxyl groups is 4. The summed E-state index contributed by atoms with van der Waals surface area (Å²) in [5.74, 6) is -2.03. The second kappa shape index (κ2) is 31.3. The van der Waals surface area contributed by atoms with Gasteiger partial charge in [0.1, 0.15) is 17.2 Å². The Morgan fingerprint density at radius 3 is 1.24 bits per heavy atom. The minimum Gasteiger partial charge on any atom is -0.506 e. The van der Waals surface area contributed by atoms with Crippen molar-refractivity contribution in [2.75, 3.05) is 40.6 Å². The normalized spacial score (nSPS) is 11.3. The molecule has 0 aliphatic heterocycles. The van der Waals surface area contributed by atoms with Gasteiger partial charge >= 0.3 is 12.1 Å². The molecule has 0 unspecified atom stereocenters. The van der Waals surface area contributed by atoms with E-state index in [1.807, 2.05) is 30.3 Å². The summed E-state index contributed by atoms with van der Waals surface area (Å²) in [5.41, 5.74) is 9.55. The number of nitrogens with two attached hydrogens (primary N) is 1. The number of hydrogen-bond acceptors (Lipinski definition) is 31. The molecule has 5 amide bonds. The molecule has 0 aliphatic carbocycles. The number of nitrogens with one attached hydrogen (secondary N) is 5. The van der Waals surface area contributed by atoms with E-state index in [9.17, 15) is 48.0 Å². The Morgan fingerprint density at radius 2 is 0.874 bits per heavy atom. The number of hydrogen-bond donors (Lipinski definition) is 10. The van der Waals surface area contributed by atoms with Gasteiger partial charge in [0.2, 0.25) is 15.9 Å². The molecular formula is C57H48N22O11S5. The Hall–Kier alpha value is -12.1. The minimum absolute atomic E-state index is 0.0218. The zero-order valence-corrected chi connectivity index (χ0v) is 53.5. The van der Waals surface area contributed by atoms with Gasteiger partial charge in [0, 0.05) is 38.8 Å². The van der Waals surface area contributed by atoms with Gasteiger partial charge in [-0.15, -0.1) is 40.9 Å². The third-order valence-electron chi connectivity index (χ3n) is 11.9.